The van der Waals surface area contributed by atoms with Crippen LogP contribution in [-0.4, -0.2) is 36.3 Å². The number of carboxylic acid groups (broad SMARTS) is 1. The fourth-order valence-corrected chi connectivity index (χ4v) is 2.55. The fourth-order valence-electron chi connectivity index (χ4n) is 2.55. The second-order valence-corrected chi connectivity index (χ2v) is 5.71. The van der Waals surface area contributed by atoms with Gasteiger partial charge in [0.05, 0.1) is 36.4 Å². The Balaban J connectivity index is 0.000000345. The molecule has 2 heterocycles. The number of nitrogens with zero attached hydrogens (tertiary/aromatic N) is 2. The van der Waals surface area contributed by atoms with E-state index < -0.39 is 12.1 Å². The number of carboxylic acids is 1. The molecule has 0 fully saturated rings. The van der Waals surface area contributed by atoms with Crippen LogP contribution in [0, 0.1) is 0 Å². The lowest BCUT2D eigenvalue weighted by Gasteiger charge is -2.03. The summed E-state index contributed by atoms with van der Waals surface area (Å²) in [6.45, 7) is 0.402. The van der Waals surface area contributed by atoms with Crippen molar-refractivity contribution < 1.29 is 37.3 Å². The summed E-state index contributed by atoms with van der Waals surface area (Å²) in [5, 5.41) is 10.7. The zero-order valence-corrected chi connectivity index (χ0v) is 14.9. The maximum atomic E-state index is 12.2. The minimum absolute atomic E-state index is 0.0470. The number of hydrogen-bond donors (Lipinski definition) is 1. The first-order valence-electron chi connectivity index (χ1n) is 7.91. The number of esters is 1. The molecule has 0 atom stereocenters. The lowest BCUT2D eigenvalue weighted by molar-refractivity contribution is -0.620. The molecule has 0 aliphatic carbocycles. The molecule has 0 saturated heterocycles. The maximum Gasteiger partial charge on any atom is 0.430 e. The van der Waals surface area contributed by atoms with Gasteiger partial charge in [0.25, 0.3) is 10.9 Å². The van der Waals surface area contributed by atoms with Crippen LogP contribution in [0.15, 0.2) is 35.4 Å². The summed E-state index contributed by atoms with van der Waals surface area (Å²) in [6.07, 6.45) is -1.12. The van der Waals surface area contributed by atoms with E-state index in [4.69, 9.17) is 9.90 Å². The number of alkyl halides is 3. The van der Waals surface area contributed by atoms with Crippen molar-refractivity contribution in [2.75, 3.05) is 19.1 Å². The average Bonchev–Trinajstić information content (AvgIpc) is 2.99. The molecule has 0 amide bonds. The van der Waals surface area contributed by atoms with Crippen LogP contribution < -0.4 is 20.6 Å². The predicted octanol–water partition coefficient (Wildman–Crippen LogP) is -0.178. The molecule has 0 unspecified atom stereocenters. The first kappa shape index (κ1) is 20.9. The van der Waals surface area contributed by atoms with Crippen molar-refractivity contribution in [3.63, 3.8) is 0 Å². The van der Waals surface area contributed by atoms with Gasteiger partial charge in [0, 0.05) is 13.2 Å². The van der Waals surface area contributed by atoms with E-state index in [2.05, 4.69) is 10.2 Å². The van der Waals surface area contributed by atoms with Gasteiger partial charge in [-0.15, -0.1) is 0 Å². The molecular formula is C17H16F3N3O5. The van der Waals surface area contributed by atoms with Gasteiger partial charge in [0.15, 0.2) is 0 Å². The molecule has 2 aromatic heterocycles. The van der Waals surface area contributed by atoms with E-state index in [1.807, 2.05) is 36.1 Å². The summed E-state index contributed by atoms with van der Waals surface area (Å²) in [4.78, 5) is 32.1. The van der Waals surface area contributed by atoms with E-state index in [1.54, 1.807) is 10.7 Å². The Morgan fingerprint density at radius 3 is 2.50 bits per heavy atom. The fraction of sp³-hybridized carbons (Fsp3) is 0.294. The van der Waals surface area contributed by atoms with Gasteiger partial charge in [-0.2, -0.15) is 18.6 Å². The first-order chi connectivity index (χ1) is 13.1. The lowest BCUT2D eigenvalue weighted by atomic mass is 10.1. The molecule has 0 aliphatic rings. The summed E-state index contributed by atoms with van der Waals surface area (Å²) in [5.74, 6) is -3.29. The summed E-state index contributed by atoms with van der Waals surface area (Å²) >= 11 is 0. The van der Waals surface area contributed by atoms with E-state index in [0.717, 1.165) is 16.3 Å². The zero-order chi connectivity index (χ0) is 21.1. The quantitative estimate of drug-likeness (QED) is 0.482. The van der Waals surface area contributed by atoms with E-state index in [1.165, 1.54) is 7.11 Å². The van der Waals surface area contributed by atoms with Crippen LogP contribution in [0.4, 0.5) is 13.2 Å². The highest BCUT2D eigenvalue weighted by Gasteiger charge is 2.28. The molecule has 0 spiro atoms. The highest BCUT2D eigenvalue weighted by atomic mass is 19.4. The number of aryl methyl sites for hydroxylation is 1. The SMILES string of the molecule is COC(=O)CCN[n+]1cc2ccn(C)c3ccc(=O)c1c23.O=C([O-])C(F)(F)F. The summed E-state index contributed by atoms with van der Waals surface area (Å²) < 4.78 is 39.8. The van der Waals surface area contributed by atoms with E-state index in [0.29, 0.717) is 12.1 Å². The Kier molecular flexibility index (Phi) is 6.06. The van der Waals surface area contributed by atoms with Gasteiger partial charge in [-0.1, -0.05) is 4.68 Å². The number of carbonyl (C=O) groups excluding carboxylic acids is 2. The molecule has 0 bridgehead atoms. The topological polar surface area (TPSA) is 104 Å². The van der Waals surface area contributed by atoms with Crippen molar-refractivity contribution >= 4 is 33.7 Å². The normalized spacial score (nSPS) is 11.2. The molecule has 0 radical (unpaired) electrons. The molecule has 11 heteroatoms. The Morgan fingerprint density at radius 2 is 1.93 bits per heavy atom. The Bertz CT molecular complexity index is 1060. The third kappa shape index (κ3) is 4.48. The number of methoxy groups -OCH3 is 1. The number of benzene rings is 1. The van der Waals surface area contributed by atoms with Crippen LogP contribution in [0.2, 0.25) is 0 Å². The van der Waals surface area contributed by atoms with Crippen molar-refractivity contribution in [3.8, 4) is 0 Å². The molecule has 1 N–H and O–H groups in total. The molecular weight excluding hydrogens is 383 g/mol. The van der Waals surface area contributed by atoms with Gasteiger partial charge < -0.3 is 19.2 Å². The second-order valence-electron chi connectivity index (χ2n) is 5.71. The molecule has 150 valence electrons. The largest absolute Gasteiger partial charge is 0.542 e. The predicted molar refractivity (Wildman–Crippen MR) is 90.0 cm³/mol. The Morgan fingerprint density at radius 1 is 1.29 bits per heavy atom. The van der Waals surface area contributed by atoms with Gasteiger partial charge in [-0.25, -0.2) is 0 Å². The van der Waals surface area contributed by atoms with Crippen molar-refractivity contribution in [3.05, 3.63) is 40.8 Å². The number of nitrogens with one attached hydrogen (secondary N) is 1. The van der Waals surface area contributed by atoms with Crippen molar-refractivity contribution in [2.45, 2.75) is 12.6 Å². The molecule has 3 aromatic rings. The Labute approximate surface area is 156 Å². The van der Waals surface area contributed by atoms with E-state index in [9.17, 15) is 22.8 Å². The number of halogens is 3. The van der Waals surface area contributed by atoms with Crippen LogP contribution in [0.1, 0.15) is 6.42 Å². The molecule has 1 aromatic carbocycles. The number of ether oxygens (including phenoxy) is 1. The van der Waals surface area contributed by atoms with Crippen LogP contribution in [0.3, 0.4) is 0 Å². The van der Waals surface area contributed by atoms with Crippen LogP contribution >= 0.6 is 0 Å². The molecule has 0 aliphatic heterocycles. The van der Waals surface area contributed by atoms with Gasteiger partial charge >= 0.3 is 12.1 Å². The van der Waals surface area contributed by atoms with Crippen LogP contribution in [0.25, 0.3) is 21.8 Å². The standard InChI is InChI=1S/C15H15N3O3.C2HF3O2/c1-17-8-6-10-9-18(16-7-5-13(20)21-2)15-12(19)4-3-11(17)14(10)15;3-2(4,5)1(6)7/h3-4,6,8-9H,5,7H2,1-2H3;(H,6,7). The second kappa shape index (κ2) is 8.11. The Hall–Kier alpha value is -3.37. The monoisotopic (exact) mass is 399 g/mol. The number of aliphatic carboxylic acids is 1. The van der Waals surface area contributed by atoms with Gasteiger partial charge in [0.2, 0.25) is 6.20 Å². The number of pyridine rings is 1. The smallest absolute Gasteiger partial charge is 0.430 e. The number of hydrogen-bond acceptors (Lipinski definition) is 6. The van der Waals surface area contributed by atoms with Crippen molar-refractivity contribution in [2.24, 2.45) is 7.05 Å². The highest BCUT2D eigenvalue weighted by molar-refractivity contribution is 6.05. The van der Waals surface area contributed by atoms with Gasteiger partial charge in [-0.05, 0) is 18.2 Å². The molecule has 3 rings (SSSR count). The van der Waals surface area contributed by atoms with Crippen LogP contribution in [0.5, 0.6) is 0 Å². The summed E-state index contributed by atoms with van der Waals surface area (Å²) in [7, 11) is 3.30. The van der Waals surface area contributed by atoms with E-state index >= 15 is 0 Å². The first-order valence-corrected chi connectivity index (χ1v) is 7.91. The third-order valence-corrected chi connectivity index (χ3v) is 3.84. The van der Waals surface area contributed by atoms with Crippen molar-refractivity contribution in [1.29, 1.82) is 0 Å². The lowest BCUT2D eigenvalue weighted by Crippen LogP contribution is -2.46. The average molecular weight is 399 g/mol. The molecule has 0 saturated carbocycles. The van der Waals surface area contributed by atoms with Gasteiger partial charge in [0.1, 0.15) is 5.97 Å². The minimum atomic E-state index is -5.19. The number of carbonyl (C=O) groups is 2. The zero-order valence-electron chi connectivity index (χ0n) is 14.9. The summed E-state index contributed by atoms with van der Waals surface area (Å²) in [6, 6.07) is 5.36. The van der Waals surface area contributed by atoms with Crippen LogP contribution in [-0.2, 0) is 21.4 Å². The summed E-state index contributed by atoms with van der Waals surface area (Å²) in [5.41, 5.74) is 4.63. The van der Waals surface area contributed by atoms with E-state index in [-0.39, 0.29) is 17.8 Å². The highest BCUT2D eigenvalue weighted by Crippen LogP contribution is 2.21. The maximum absolute atomic E-state index is 12.2. The van der Waals surface area contributed by atoms with Crippen molar-refractivity contribution in [1.82, 2.24) is 4.57 Å². The number of rotatable bonds is 4. The molecule has 28 heavy (non-hydrogen) atoms. The minimum Gasteiger partial charge on any atom is -0.542 e. The third-order valence-electron chi connectivity index (χ3n) is 3.84. The van der Waals surface area contributed by atoms with Gasteiger partial charge in [-0.3, -0.25) is 9.59 Å². The molecule has 8 nitrogen and oxygen atoms in total. The number of aromatic nitrogens is 2.